The zero-order chi connectivity index (χ0) is 26.4. The molecule has 3 aromatic rings. The Labute approximate surface area is 224 Å². The predicted octanol–water partition coefficient (Wildman–Crippen LogP) is 6.30. The van der Waals surface area contributed by atoms with Crippen molar-refractivity contribution in [3.8, 4) is 11.5 Å². The standard InChI is InChI=1S/C28H25ClN2O5S/c1-3-35-23-14-20(13-22(29)26(23)36-17-19-9-5-4-6-10-19)15-24-27(33)31(28(34)37-24)16-25(32)30-21-11-7-8-18(2)12-21/h4-15H,3,16-17H2,1-2H3,(H,30,32)/b24-15-. The lowest BCUT2D eigenvalue weighted by Crippen LogP contribution is -2.36. The summed E-state index contributed by atoms with van der Waals surface area (Å²) in [4.78, 5) is 39.0. The first-order valence-corrected chi connectivity index (χ1v) is 12.8. The summed E-state index contributed by atoms with van der Waals surface area (Å²) in [5.74, 6) is -0.192. The van der Waals surface area contributed by atoms with Crippen LogP contribution in [-0.2, 0) is 16.2 Å². The third kappa shape index (κ3) is 6.72. The number of benzene rings is 3. The normalized spacial score (nSPS) is 14.2. The van der Waals surface area contributed by atoms with E-state index >= 15 is 0 Å². The van der Waals surface area contributed by atoms with E-state index in [0.717, 1.165) is 27.8 Å². The molecule has 1 aliphatic heterocycles. The van der Waals surface area contributed by atoms with Crippen LogP contribution in [0.2, 0.25) is 5.02 Å². The van der Waals surface area contributed by atoms with Crippen LogP contribution in [0.25, 0.3) is 6.08 Å². The Morgan fingerprint density at radius 2 is 1.84 bits per heavy atom. The predicted molar refractivity (Wildman–Crippen MR) is 146 cm³/mol. The number of amides is 3. The van der Waals surface area contributed by atoms with E-state index in [2.05, 4.69) is 5.32 Å². The average molecular weight is 537 g/mol. The van der Waals surface area contributed by atoms with Crippen LogP contribution in [0.5, 0.6) is 11.5 Å². The van der Waals surface area contributed by atoms with Gasteiger partial charge in [-0.3, -0.25) is 19.3 Å². The number of aryl methyl sites for hydroxylation is 1. The molecule has 1 N–H and O–H groups in total. The smallest absolute Gasteiger partial charge is 0.294 e. The summed E-state index contributed by atoms with van der Waals surface area (Å²) in [7, 11) is 0. The lowest BCUT2D eigenvalue weighted by atomic mass is 10.1. The number of imide groups is 1. The van der Waals surface area contributed by atoms with E-state index in [1.807, 2.05) is 56.3 Å². The molecular formula is C28H25ClN2O5S. The van der Waals surface area contributed by atoms with E-state index in [4.69, 9.17) is 21.1 Å². The lowest BCUT2D eigenvalue weighted by molar-refractivity contribution is -0.127. The Morgan fingerprint density at radius 1 is 1.05 bits per heavy atom. The van der Waals surface area contributed by atoms with Gasteiger partial charge >= 0.3 is 0 Å². The van der Waals surface area contributed by atoms with Gasteiger partial charge in [0.05, 0.1) is 16.5 Å². The van der Waals surface area contributed by atoms with Crippen molar-refractivity contribution in [1.29, 1.82) is 0 Å². The van der Waals surface area contributed by atoms with Crippen molar-refractivity contribution in [2.24, 2.45) is 0 Å². The Morgan fingerprint density at radius 3 is 2.57 bits per heavy atom. The molecule has 9 heteroatoms. The second-order valence-electron chi connectivity index (χ2n) is 8.22. The van der Waals surface area contributed by atoms with Gasteiger partial charge in [0.15, 0.2) is 11.5 Å². The highest BCUT2D eigenvalue weighted by molar-refractivity contribution is 8.18. The van der Waals surface area contributed by atoms with E-state index in [9.17, 15) is 14.4 Å². The molecule has 0 bridgehead atoms. The number of carbonyl (C=O) groups excluding carboxylic acids is 3. The number of nitrogens with one attached hydrogen (secondary N) is 1. The maximum Gasteiger partial charge on any atom is 0.294 e. The van der Waals surface area contributed by atoms with Gasteiger partial charge in [0, 0.05) is 5.69 Å². The fourth-order valence-corrected chi connectivity index (χ4v) is 4.77. The number of thioether (sulfide) groups is 1. The van der Waals surface area contributed by atoms with Crippen LogP contribution in [0.15, 0.2) is 71.6 Å². The first kappa shape index (κ1) is 26.3. The van der Waals surface area contributed by atoms with Crippen LogP contribution < -0.4 is 14.8 Å². The summed E-state index contributed by atoms with van der Waals surface area (Å²) in [5, 5.41) is 2.50. The van der Waals surface area contributed by atoms with Crippen molar-refractivity contribution < 1.29 is 23.9 Å². The van der Waals surface area contributed by atoms with Gasteiger partial charge < -0.3 is 14.8 Å². The zero-order valence-electron chi connectivity index (χ0n) is 20.3. The summed E-state index contributed by atoms with van der Waals surface area (Å²) in [5.41, 5.74) is 3.12. The maximum absolute atomic E-state index is 12.9. The molecule has 0 spiro atoms. The van der Waals surface area contributed by atoms with Crippen molar-refractivity contribution in [2.45, 2.75) is 20.5 Å². The van der Waals surface area contributed by atoms with Gasteiger partial charge in [-0.25, -0.2) is 0 Å². The van der Waals surface area contributed by atoms with E-state index in [0.29, 0.717) is 41.0 Å². The Balaban J connectivity index is 1.49. The van der Waals surface area contributed by atoms with Gasteiger partial charge in [0.25, 0.3) is 11.1 Å². The van der Waals surface area contributed by atoms with Crippen molar-refractivity contribution in [1.82, 2.24) is 4.90 Å². The van der Waals surface area contributed by atoms with Crippen LogP contribution in [0.3, 0.4) is 0 Å². The second kappa shape index (κ2) is 12.0. The quantitative estimate of drug-likeness (QED) is 0.323. The first-order valence-electron chi connectivity index (χ1n) is 11.6. The molecule has 0 radical (unpaired) electrons. The second-order valence-corrected chi connectivity index (χ2v) is 9.62. The SMILES string of the molecule is CCOc1cc(/C=C2\SC(=O)N(CC(=O)Nc3cccc(C)c3)C2=O)cc(Cl)c1OCc1ccccc1. The zero-order valence-corrected chi connectivity index (χ0v) is 21.9. The summed E-state index contributed by atoms with van der Waals surface area (Å²) >= 11 is 7.28. The number of hydrogen-bond acceptors (Lipinski definition) is 6. The summed E-state index contributed by atoms with van der Waals surface area (Å²) in [6, 6.07) is 20.3. The highest BCUT2D eigenvalue weighted by Gasteiger charge is 2.36. The molecule has 3 aromatic carbocycles. The molecule has 1 saturated heterocycles. The van der Waals surface area contributed by atoms with Gasteiger partial charge in [-0.1, -0.05) is 54.1 Å². The largest absolute Gasteiger partial charge is 0.490 e. The van der Waals surface area contributed by atoms with E-state index in [1.54, 1.807) is 30.3 Å². The molecule has 0 unspecified atom stereocenters. The van der Waals surface area contributed by atoms with Gasteiger partial charge in [-0.2, -0.15) is 0 Å². The lowest BCUT2D eigenvalue weighted by Gasteiger charge is -2.15. The molecule has 0 saturated carbocycles. The average Bonchev–Trinajstić information content (AvgIpc) is 3.11. The van der Waals surface area contributed by atoms with Crippen LogP contribution in [0.1, 0.15) is 23.6 Å². The first-order chi connectivity index (χ1) is 17.8. The number of nitrogens with zero attached hydrogens (tertiary/aromatic N) is 1. The van der Waals surface area contributed by atoms with Crippen LogP contribution in [0, 0.1) is 6.92 Å². The molecule has 4 rings (SSSR count). The molecule has 1 fully saturated rings. The monoisotopic (exact) mass is 536 g/mol. The van der Waals surface area contributed by atoms with Crippen molar-refractivity contribution in [2.75, 3.05) is 18.5 Å². The summed E-state index contributed by atoms with van der Waals surface area (Å²) in [6.07, 6.45) is 1.55. The van der Waals surface area contributed by atoms with Gasteiger partial charge in [-0.05, 0) is 72.6 Å². The summed E-state index contributed by atoms with van der Waals surface area (Å²) in [6.45, 7) is 4.06. The van der Waals surface area contributed by atoms with Gasteiger partial charge in [0.1, 0.15) is 13.2 Å². The molecule has 3 amide bonds. The van der Waals surface area contributed by atoms with E-state index in [-0.39, 0.29) is 11.4 Å². The fraction of sp³-hybridized carbons (Fsp3) is 0.179. The Bertz CT molecular complexity index is 1360. The highest BCUT2D eigenvalue weighted by atomic mass is 35.5. The summed E-state index contributed by atoms with van der Waals surface area (Å²) < 4.78 is 11.7. The molecule has 190 valence electrons. The van der Waals surface area contributed by atoms with Gasteiger partial charge in [0.2, 0.25) is 5.91 Å². The molecular weight excluding hydrogens is 512 g/mol. The molecule has 37 heavy (non-hydrogen) atoms. The van der Waals surface area contributed by atoms with Crippen LogP contribution in [0.4, 0.5) is 10.5 Å². The number of carbonyl (C=O) groups is 3. The number of anilines is 1. The molecule has 1 aliphatic rings. The number of halogens is 1. The Hall–Kier alpha value is -3.75. The topological polar surface area (TPSA) is 84.9 Å². The fourth-order valence-electron chi connectivity index (χ4n) is 3.66. The number of ether oxygens (including phenoxy) is 2. The van der Waals surface area contributed by atoms with Crippen molar-refractivity contribution >= 4 is 52.2 Å². The highest BCUT2D eigenvalue weighted by Crippen LogP contribution is 2.39. The Kier molecular flexibility index (Phi) is 8.53. The molecule has 7 nitrogen and oxygen atoms in total. The van der Waals surface area contributed by atoms with Crippen molar-refractivity contribution in [3.05, 3.63) is 93.3 Å². The molecule has 1 heterocycles. The number of hydrogen-bond donors (Lipinski definition) is 1. The minimum atomic E-state index is -0.548. The molecule has 0 aromatic heterocycles. The third-order valence-electron chi connectivity index (χ3n) is 5.33. The minimum Gasteiger partial charge on any atom is -0.490 e. The van der Waals surface area contributed by atoms with E-state index < -0.39 is 17.1 Å². The maximum atomic E-state index is 12.9. The molecule has 0 aliphatic carbocycles. The minimum absolute atomic E-state index is 0.185. The molecule has 0 atom stereocenters. The number of rotatable bonds is 9. The van der Waals surface area contributed by atoms with Crippen molar-refractivity contribution in [3.63, 3.8) is 0 Å². The van der Waals surface area contributed by atoms with Crippen LogP contribution in [-0.4, -0.2) is 35.1 Å². The van der Waals surface area contributed by atoms with Crippen LogP contribution >= 0.6 is 23.4 Å². The third-order valence-corrected chi connectivity index (χ3v) is 6.52. The van der Waals surface area contributed by atoms with Gasteiger partial charge in [-0.15, -0.1) is 0 Å². The van der Waals surface area contributed by atoms with E-state index in [1.165, 1.54) is 0 Å².